The molecular formula is C13H20FN. The first-order valence-electron chi connectivity index (χ1n) is 5.66. The number of halogens is 1. The predicted molar refractivity (Wildman–Crippen MR) is 63.7 cm³/mol. The largest absolute Gasteiger partial charge is 0.380 e. The van der Waals surface area contributed by atoms with E-state index in [1.807, 2.05) is 19.1 Å². The molecule has 1 nitrogen and oxygen atoms in total. The predicted octanol–water partition coefficient (Wildman–Crippen LogP) is 4.12. The molecule has 0 spiro atoms. The van der Waals surface area contributed by atoms with Gasteiger partial charge in [0, 0.05) is 6.04 Å². The zero-order valence-corrected chi connectivity index (χ0v) is 9.81. The van der Waals surface area contributed by atoms with Gasteiger partial charge in [0.05, 0.1) is 5.69 Å². The average Bonchev–Trinajstić information content (AvgIpc) is 2.19. The van der Waals surface area contributed by atoms with Crippen molar-refractivity contribution in [1.29, 1.82) is 0 Å². The summed E-state index contributed by atoms with van der Waals surface area (Å²) < 4.78 is 13.5. The van der Waals surface area contributed by atoms with Crippen LogP contribution in [-0.4, -0.2) is 6.04 Å². The Hall–Kier alpha value is -1.05. The van der Waals surface area contributed by atoms with Crippen molar-refractivity contribution in [2.75, 3.05) is 5.32 Å². The maximum absolute atomic E-state index is 13.5. The van der Waals surface area contributed by atoms with Crippen LogP contribution in [0.4, 0.5) is 10.1 Å². The quantitative estimate of drug-likeness (QED) is 0.769. The van der Waals surface area contributed by atoms with Crippen LogP contribution in [0.1, 0.15) is 38.7 Å². The standard InChI is InChI=1S/C13H20FN/c1-4-5-6-11(3)15-13-8-7-10(2)9-12(13)14/h7-9,11,15H,4-6H2,1-3H3. The third kappa shape index (κ3) is 3.90. The van der Waals surface area contributed by atoms with Gasteiger partial charge in [0.1, 0.15) is 5.82 Å². The number of nitrogens with one attached hydrogen (secondary N) is 1. The van der Waals surface area contributed by atoms with E-state index >= 15 is 0 Å². The molecule has 0 aliphatic carbocycles. The molecule has 15 heavy (non-hydrogen) atoms. The highest BCUT2D eigenvalue weighted by atomic mass is 19.1. The van der Waals surface area contributed by atoms with Crippen LogP contribution in [0.15, 0.2) is 18.2 Å². The number of unbranched alkanes of at least 4 members (excludes halogenated alkanes) is 1. The van der Waals surface area contributed by atoms with E-state index < -0.39 is 0 Å². The Morgan fingerprint density at radius 1 is 1.40 bits per heavy atom. The molecule has 1 atom stereocenters. The summed E-state index contributed by atoms with van der Waals surface area (Å²) in [5, 5.41) is 3.20. The van der Waals surface area contributed by atoms with Crippen LogP contribution in [0.2, 0.25) is 0 Å². The van der Waals surface area contributed by atoms with Crippen LogP contribution < -0.4 is 5.32 Å². The summed E-state index contributed by atoms with van der Waals surface area (Å²) in [7, 11) is 0. The van der Waals surface area contributed by atoms with E-state index in [4.69, 9.17) is 0 Å². The molecule has 0 fully saturated rings. The van der Waals surface area contributed by atoms with Crippen LogP contribution in [-0.2, 0) is 0 Å². The molecule has 2 heteroatoms. The van der Waals surface area contributed by atoms with Crippen molar-refractivity contribution in [3.05, 3.63) is 29.6 Å². The fourth-order valence-corrected chi connectivity index (χ4v) is 1.59. The molecule has 0 aromatic heterocycles. The van der Waals surface area contributed by atoms with Crippen LogP contribution in [0.5, 0.6) is 0 Å². The van der Waals surface area contributed by atoms with E-state index in [2.05, 4.69) is 19.2 Å². The molecule has 0 saturated heterocycles. The van der Waals surface area contributed by atoms with E-state index in [1.165, 1.54) is 12.8 Å². The monoisotopic (exact) mass is 209 g/mol. The average molecular weight is 209 g/mol. The fraction of sp³-hybridized carbons (Fsp3) is 0.538. The Bertz CT molecular complexity index is 309. The molecule has 0 heterocycles. The molecule has 0 aliphatic rings. The summed E-state index contributed by atoms with van der Waals surface area (Å²) in [4.78, 5) is 0. The van der Waals surface area contributed by atoms with Gasteiger partial charge in [0.25, 0.3) is 0 Å². The molecule has 1 aromatic carbocycles. The molecule has 1 rings (SSSR count). The van der Waals surface area contributed by atoms with Gasteiger partial charge in [-0.25, -0.2) is 4.39 Å². The normalized spacial score (nSPS) is 12.5. The molecule has 0 bridgehead atoms. The Kier molecular flexibility index (Phi) is 4.60. The van der Waals surface area contributed by atoms with Crippen LogP contribution in [0, 0.1) is 12.7 Å². The van der Waals surface area contributed by atoms with Crippen molar-refractivity contribution in [2.24, 2.45) is 0 Å². The lowest BCUT2D eigenvalue weighted by atomic mass is 10.1. The Labute approximate surface area is 91.7 Å². The Morgan fingerprint density at radius 3 is 2.73 bits per heavy atom. The summed E-state index contributed by atoms with van der Waals surface area (Å²) in [5.74, 6) is -0.154. The van der Waals surface area contributed by atoms with Gasteiger partial charge in [-0.3, -0.25) is 0 Å². The highest BCUT2D eigenvalue weighted by Crippen LogP contribution is 2.17. The smallest absolute Gasteiger partial charge is 0.146 e. The first kappa shape index (κ1) is 12.0. The molecule has 1 N–H and O–H groups in total. The van der Waals surface area contributed by atoms with Crippen molar-refractivity contribution in [3.8, 4) is 0 Å². The summed E-state index contributed by atoms with van der Waals surface area (Å²) in [6, 6.07) is 5.64. The summed E-state index contributed by atoms with van der Waals surface area (Å²) in [6.07, 6.45) is 3.45. The highest BCUT2D eigenvalue weighted by Gasteiger charge is 2.05. The van der Waals surface area contributed by atoms with Gasteiger partial charge in [-0.2, -0.15) is 0 Å². The number of rotatable bonds is 5. The molecule has 0 aliphatic heterocycles. The van der Waals surface area contributed by atoms with Gasteiger partial charge in [0.2, 0.25) is 0 Å². The van der Waals surface area contributed by atoms with E-state index in [-0.39, 0.29) is 5.82 Å². The minimum atomic E-state index is -0.154. The zero-order chi connectivity index (χ0) is 11.3. The second-order valence-corrected chi connectivity index (χ2v) is 4.17. The lowest BCUT2D eigenvalue weighted by Crippen LogP contribution is -2.15. The van der Waals surface area contributed by atoms with Crippen molar-refractivity contribution in [1.82, 2.24) is 0 Å². The number of aryl methyl sites for hydroxylation is 1. The minimum Gasteiger partial charge on any atom is -0.380 e. The van der Waals surface area contributed by atoms with Gasteiger partial charge in [0.15, 0.2) is 0 Å². The minimum absolute atomic E-state index is 0.154. The highest BCUT2D eigenvalue weighted by molar-refractivity contribution is 5.46. The van der Waals surface area contributed by atoms with E-state index in [0.29, 0.717) is 11.7 Å². The van der Waals surface area contributed by atoms with Crippen LogP contribution in [0.3, 0.4) is 0 Å². The zero-order valence-electron chi connectivity index (χ0n) is 9.81. The van der Waals surface area contributed by atoms with Gasteiger partial charge in [-0.1, -0.05) is 25.8 Å². The molecule has 1 aromatic rings. The molecule has 0 saturated carbocycles. The fourth-order valence-electron chi connectivity index (χ4n) is 1.59. The topological polar surface area (TPSA) is 12.0 Å². The first-order chi connectivity index (χ1) is 7.13. The third-order valence-electron chi connectivity index (χ3n) is 2.52. The van der Waals surface area contributed by atoms with Gasteiger partial charge < -0.3 is 5.32 Å². The number of benzene rings is 1. The molecule has 84 valence electrons. The van der Waals surface area contributed by atoms with Crippen molar-refractivity contribution in [3.63, 3.8) is 0 Å². The summed E-state index contributed by atoms with van der Waals surface area (Å²) in [5.41, 5.74) is 1.57. The second-order valence-electron chi connectivity index (χ2n) is 4.17. The van der Waals surface area contributed by atoms with E-state index in [9.17, 15) is 4.39 Å². The maximum Gasteiger partial charge on any atom is 0.146 e. The lowest BCUT2D eigenvalue weighted by Gasteiger charge is -2.15. The van der Waals surface area contributed by atoms with E-state index in [1.54, 1.807) is 6.07 Å². The first-order valence-corrected chi connectivity index (χ1v) is 5.66. The molecule has 1 unspecified atom stereocenters. The SMILES string of the molecule is CCCCC(C)Nc1ccc(C)cc1F. The van der Waals surface area contributed by atoms with Crippen LogP contribution >= 0.6 is 0 Å². The van der Waals surface area contributed by atoms with Gasteiger partial charge in [-0.05, 0) is 38.0 Å². The Morgan fingerprint density at radius 2 is 2.13 bits per heavy atom. The van der Waals surface area contributed by atoms with Crippen molar-refractivity contribution < 1.29 is 4.39 Å². The number of anilines is 1. The molecule has 0 radical (unpaired) electrons. The maximum atomic E-state index is 13.5. The summed E-state index contributed by atoms with van der Waals surface area (Å²) >= 11 is 0. The van der Waals surface area contributed by atoms with Crippen molar-refractivity contribution in [2.45, 2.75) is 46.1 Å². The van der Waals surface area contributed by atoms with Gasteiger partial charge in [-0.15, -0.1) is 0 Å². The third-order valence-corrected chi connectivity index (χ3v) is 2.52. The van der Waals surface area contributed by atoms with Crippen LogP contribution in [0.25, 0.3) is 0 Å². The van der Waals surface area contributed by atoms with E-state index in [0.717, 1.165) is 12.0 Å². The molecular weight excluding hydrogens is 189 g/mol. The lowest BCUT2D eigenvalue weighted by molar-refractivity contribution is 0.611. The Balaban J connectivity index is 2.56. The second kappa shape index (κ2) is 5.74. The number of hydrogen-bond acceptors (Lipinski definition) is 1. The van der Waals surface area contributed by atoms with Crippen molar-refractivity contribution >= 4 is 5.69 Å². The molecule has 0 amide bonds. The summed E-state index contributed by atoms with van der Waals surface area (Å²) in [6.45, 7) is 6.15. The number of hydrogen-bond donors (Lipinski definition) is 1. The van der Waals surface area contributed by atoms with Gasteiger partial charge >= 0.3 is 0 Å².